The fraction of sp³-hybridized carbons (Fsp3) is 0.286. The molecule has 14 heteroatoms. The van der Waals surface area contributed by atoms with Gasteiger partial charge in [0.1, 0.15) is 0 Å². The highest BCUT2D eigenvalue weighted by Crippen LogP contribution is 2.29. The third kappa shape index (κ3) is 6.80. The number of piperazine rings is 1. The molecular formula is C28H29Cl2N5O5S2. The number of nitrogens with zero attached hydrogens (tertiary/aromatic N) is 4. The standard InChI is InChI=1S/C28H29Cl2N5O5S2/c29-23-8-6-22(7-9-23)27-26(21-4-2-1-3-5-21)20-35(32-27)28(36)31-14-19-41(37,38)33-15-17-34(18-16-33)42(39,40)25-12-10-24(30)11-13-25/h1-13,26H,14-20H2,(H,31,36). The molecule has 2 heterocycles. The largest absolute Gasteiger partial charge is 0.337 e. The number of carbonyl (C=O) groups is 1. The summed E-state index contributed by atoms with van der Waals surface area (Å²) in [7, 11) is -7.51. The Morgan fingerprint density at radius 3 is 2.00 bits per heavy atom. The maximum Gasteiger partial charge on any atom is 0.337 e. The smallest absolute Gasteiger partial charge is 0.335 e. The van der Waals surface area contributed by atoms with Gasteiger partial charge < -0.3 is 5.32 Å². The van der Waals surface area contributed by atoms with Crippen molar-refractivity contribution in [2.24, 2.45) is 5.10 Å². The minimum Gasteiger partial charge on any atom is -0.335 e. The van der Waals surface area contributed by atoms with Crippen molar-refractivity contribution in [3.63, 3.8) is 0 Å². The van der Waals surface area contributed by atoms with Gasteiger partial charge in [-0.05, 0) is 47.5 Å². The zero-order chi connectivity index (χ0) is 29.9. The van der Waals surface area contributed by atoms with Crippen LogP contribution in [0.4, 0.5) is 4.79 Å². The number of hydrogen-bond donors (Lipinski definition) is 1. The second kappa shape index (κ2) is 12.7. The number of sulfonamides is 2. The highest BCUT2D eigenvalue weighted by molar-refractivity contribution is 7.89. The predicted molar refractivity (Wildman–Crippen MR) is 163 cm³/mol. The van der Waals surface area contributed by atoms with Crippen LogP contribution in [-0.4, -0.2) is 87.2 Å². The molecule has 10 nitrogen and oxygen atoms in total. The summed E-state index contributed by atoms with van der Waals surface area (Å²) in [5, 5.41) is 9.57. The van der Waals surface area contributed by atoms with Gasteiger partial charge in [-0.25, -0.2) is 26.6 Å². The molecule has 222 valence electrons. The molecule has 0 aromatic heterocycles. The number of carbonyl (C=O) groups excluding carboxylic acids is 1. The molecule has 1 atom stereocenters. The van der Waals surface area contributed by atoms with Crippen LogP contribution < -0.4 is 5.32 Å². The molecule has 2 aliphatic rings. The van der Waals surface area contributed by atoms with E-state index in [2.05, 4.69) is 10.4 Å². The number of hydrogen-bond acceptors (Lipinski definition) is 6. The van der Waals surface area contributed by atoms with Crippen LogP contribution in [0.15, 0.2) is 88.9 Å². The summed E-state index contributed by atoms with van der Waals surface area (Å²) in [4.78, 5) is 13.1. The van der Waals surface area contributed by atoms with Crippen molar-refractivity contribution in [1.82, 2.24) is 18.9 Å². The summed E-state index contributed by atoms with van der Waals surface area (Å²) in [6, 6.07) is 22.3. The monoisotopic (exact) mass is 649 g/mol. The Kier molecular flexibility index (Phi) is 9.21. The first-order chi connectivity index (χ1) is 20.0. The molecule has 42 heavy (non-hydrogen) atoms. The first kappa shape index (κ1) is 30.5. The van der Waals surface area contributed by atoms with E-state index >= 15 is 0 Å². The lowest BCUT2D eigenvalue weighted by atomic mass is 9.91. The topological polar surface area (TPSA) is 119 Å². The Hall–Kier alpha value is -3.00. The van der Waals surface area contributed by atoms with Crippen molar-refractivity contribution in [3.05, 3.63) is 100 Å². The first-order valence-corrected chi connectivity index (χ1v) is 17.0. The molecule has 1 fully saturated rings. The van der Waals surface area contributed by atoms with Gasteiger partial charge >= 0.3 is 6.03 Å². The van der Waals surface area contributed by atoms with Gasteiger partial charge in [0.25, 0.3) is 0 Å². The zero-order valence-electron chi connectivity index (χ0n) is 22.4. The van der Waals surface area contributed by atoms with Crippen LogP contribution in [0.2, 0.25) is 10.0 Å². The number of amides is 2. The van der Waals surface area contributed by atoms with Crippen LogP contribution in [0.5, 0.6) is 0 Å². The molecule has 2 amide bonds. The highest BCUT2D eigenvalue weighted by Gasteiger charge is 2.34. The molecule has 3 aromatic carbocycles. The number of hydrazone groups is 1. The van der Waals surface area contributed by atoms with E-state index in [4.69, 9.17) is 23.2 Å². The fourth-order valence-corrected chi connectivity index (χ4v) is 7.92. The molecule has 0 bridgehead atoms. The van der Waals surface area contributed by atoms with Crippen LogP contribution in [0, 0.1) is 0 Å². The van der Waals surface area contributed by atoms with Crippen molar-refractivity contribution in [3.8, 4) is 0 Å². The van der Waals surface area contributed by atoms with Crippen LogP contribution in [0.3, 0.4) is 0 Å². The van der Waals surface area contributed by atoms with Crippen LogP contribution >= 0.6 is 23.2 Å². The quantitative estimate of drug-likeness (QED) is 0.398. The van der Waals surface area contributed by atoms with Gasteiger partial charge in [0.05, 0.1) is 22.9 Å². The molecule has 0 radical (unpaired) electrons. The normalized spacial score (nSPS) is 18.6. The van der Waals surface area contributed by atoms with E-state index < -0.39 is 26.1 Å². The van der Waals surface area contributed by atoms with Crippen LogP contribution in [-0.2, 0) is 20.0 Å². The van der Waals surface area contributed by atoms with Gasteiger partial charge in [-0.15, -0.1) is 0 Å². The van der Waals surface area contributed by atoms with E-state index in [9.17, 15) is 21.6 Å². The predicted octanol–water partition coefficient (Wildman–Crippen LogP) is 3.84. The molecule has 1 unspecified atom stereocenters. The van der Waals surface area contributed by atoms with Crippen molar-refractivity contribution < 1.29 is 21.6 Å². The summed E-state index contributed by atoms with van der Waals surface area (Å²) >= 11 is 11.9. The Bertz CT molecular complexity index is 1660. The number of nitrogens with one attached hydrogen (secondary N) is 1. The van der Waals surface area contributed by atoms with E-state index in [0.29, 0.717) is 22.3 Å². The summed E-state index contributed by atoms with van der Waals surface area (Å²) in [5.41, 5.74) is 2.55. The van der Waals surface area contributed by atoms with Crippen molar-refractivity contribution >= 4 is 55.0 Å². The summed E-state index contributed by atoms with van der Waals surface area (Å²) in [5.74, 6) is -0.492. The number of halogens is 2. The molecule has 0 aliphatic carbocycles. The van der Waals surface area contributed by atoms with E-state index in [1.807, 2.05) is 42.5 Å². The van der Waals surface area contributed by atoms with Gasteiger partial charge in [-0.3, -0.25) is 0 Å². The molecule has 1 saturated heterocycles. The van der Waals surface area contributed by atoms with Crippen LogP contribution in [0.25, 0.3) is 0 Å². The van der Waals surface area contributed by atoms with Crippen molar-refractivity contribution in [2.45, 2.75) is 10.8 Å². The Labute approximate surface area is 255 Å². The van der Waals surface area contributed by atoms with Crippen molar-refractivity contribution in [2.75, 3.05) is 45.0 Å². The maximum absolute atomic E-state index is 13.0. The van der Waals surface area contributed by atoms with E-state index in [1.54, 1.807) is 12.1 Å². The third-order valence-corrected chi connectivity index (χ3v) is 11.5. The molecule has 0 spiro atoms. The van der Waals surface area contributed by atoms with Gasteiger partial charge in [-0.2, -0.15) is 13.7 Å². The van der Waals surface area contributed by atoms with E-state index in [1.165, 1.54) is 37.9 Å². The minimum atomic E-state index is -3.77. The van der Waals surface area contributed by atoms with Crippen LogP contribution in [0.1, 0.15) is 17.0 Å². The lowest BCUT2D eigenvalue weighted by molar-refractivity contribution is 0.204. The number of urea groups is 1. The first-order valence-electron chi connectivity index (χ1n) is 13.2. The highest BCUT2D eigenvalue weighted by atomic mass is 35.5. The molecular weight excluding hydrogens is 621 g/mol. The Morgan fingerprint density at radius 2 is 1.38 bits per heavy atom. The zero-order valence-corrected chi connectivity index (χ0v) is 25.6. The summed E-state index contributed by atoms with van der Waals surface area (Å²) < 4.78 is 54.3. The second-order valence-electron chi connectivity index (χ2n) is 9.84. The van der Waals surface area contributed by atoms with Gasteiger partial charge in [0.2, 0.25) is 20.0 Å². The summed E-state index contributed by atoms with van der Waals surface area (Å²) in [6.07, 6.45) is 0. The molecule has 0 saturated carbocycles. The SMILES string of the molecule is O=C(NCCS(=O)(=O)N1CCN(S(=O)(=O)c2ccc(Cl)cc2)CC1)N1CC(c2ccccc2)C(c2ccc(Cl)cc2)=N1. The third-order valence-electron chi connectivity index (χ3n) is 7.17. The Balaban J connectivity index is 1.17. The van der Waals surface area contributed by atoms with Gasteiger partial charge in [0.15, 0.2) is 0 Å². The van der Waals surface area contributed by atoms with Crippen molar-refractivity contribution in [1.29, 1.82) is 0 Å². The van der Waals surface area contributed by atoms with E-state index in [0.717, 1.165) is 11.1 Å². The Morgan fingerprint density at radius 1 is 0.810 bits per heavy atom. The minimum absolute atomic E-state index is 0.0166. The molecule has 3 aromatic rings. The molecule has 5 rings (SSSR count). The molecule has 1 N–H and O–H groups in total. The lowest BCUT2D eigenvalue weighted by Crippen LogP contribution is -2.51. The average Bonchev–Trinajstić information content (AvgIpc) is 3.44. The average molecular weight is 651 g/mol. The molecule has 2 aliphatic heterocycles. The lowest BCUT2D eigenvalue weighted by Gasteiger charge is -2.33. The van der Waals surface area contributed by atoms with Gasteiger partial charge in [-0.1, -0.05) is 65.7 Å². The van der Waals surface area contributed by atoms with E-state index in [-0.39, 0.29) is 49.3 Å². The maximum atomic E-state index is 13.0. The van der Waals surface area contributed by atoms with Gasteiger partial charge in [0, 0.05) is 48.7 Å². The number of benzene rings is 3. The summed E-state index contributed by atoms with van der Waals surface area (Å²) in [6.45, 7) is 0.250. The second-order valence-corrected chi connectivity index (χ2v) is 14.7. The fourth-order valence-electron chi connectivity index (χ4n) is 4.91. The number of rotatable bonds is 8.